The Labute approximate surface area is 121 Å². The molecule has 0 heterocycles. The van der Waals surface area contributed by atoms with E-state index in [0.717, 1.165) is 5.75 Å². The predicted molar refractivity (Wildman–Crippen MR) is 85.3 cm³/mol. The molecule has 0 atom stereocenters. The third-order valence-corrected chi connectivity index (χ3v) is 3.81. The molecule has 1 nitrogen and oxygen atoms in total. The van der Waals surface area contributed by atoms with Crippen LogP contribution in [-0.4, -0.2) is 9.76 Å². The highest BCUT2D eigenvalue weighted by Crippen LogP contribution is 2.38. The van der Waals surface area contributed by atoms with Gasteiger partial charge >= 0.3 is 9.76 Å². The van der Waals surface area contributed by atoms with Crippen LogP contribution in [0.3, 0.4) is 0 Å². The molecule has 0 aliphatic carbocycles. The minimum absolute atomic E-state index is 0.327. The molecule has 1 rings (SSSR count). The van der Waals surface area contributed by atoms with Gasteiger partial charge in [-0.05, 0) is 40.5 Å². The van der Waals surface area contributed by atoms with Crippen LogP contribution in [0.4, 0.5) is 0 Å². The molecule has 0 N–H and O–H groups in total. The molecule has 1 aromatic carbocycles. The van der Waals surface area contributed by atoms with Crippen LogP contribution in [0.15, 0.2) is 24.4 Å². The van der Waals surface area contributed by atoms with E-state index in [1.165, 1.54) is 16.7 Å². The average Bonchev–Trinajstić information content (AvgIpc) is 2.34. The van der Waals surface area contributed by atoms with E-state index < -0.39 is 0 Å². The van der Waals surface area contributed by atoms with Gasteiger partial charge in [0.15, 0.2) is 0 Å². The van der Waals surface area contributed by atoms with E-state index in [-0.39, 0.29) is 0 Å². The molecule has 2 radical (unpaired) electrons. The fourth-order valence-electron chi connectivity index (χ4n) is 2.57. The molecule has 104 valence electrons. The monoisotopic (exact) mass is 274 g/mol. The van der Waals surface area contributed by atoms with Gasteiger partial charge in [0.1, 0.15) is 5.75 Å². The third kappa shape index (κ3) is 3.72. The molecule has 0 fully saturated rings. The van der Waals surface area contributed by atoms with Crippen molar-refractivity contribution in [3.8, 4) is 5.75 Å². The van der Waals surface area contributed by atoms with Gasteiger partial charge in [-0.1, -0.05) is 53.3 Å². The van der Waals surface area contributed by atoms with E-state index in [1.54, 1.807) is 0 Å². The Bertz CT molecular complexity index is 433. The molecule has 0 amide bonds. The van der Waals surface area contributed by atoms with Crippen molar-refractivity contribution in [1.82, 2.24) is 0 Å². The predicted octanol–water partition coefficient (Wildman–Crippen LogP) is 5.20. The fraction of sp³-hybridized carbons (Fsp3) is 0.529. The topological polar surface area (TPSA) is 9.23 Å². The van der Waals surface area contributed by atoms with Crippen molar-refractivity contribution >= 4 is 9.76 Å². The van der Waals surface area contributed by atoms with Gasteiger partial charge in [0.05, 0.1) is 0 Å². The molecule has 0 aromatic heterocycles. The van der Waals surface area contributed by atoms with E-state index in [9.17, 15) is 0 Å². The van der Waals surface area contributed by atoms with Gasteiger partial charge in [0.2, 0.25) is 0 Å². The van der Waals surface area contributed by atoms with E-state index in [0.29, 0.717) is 27.5 Å². The summed E-state index contributed by atoms with van der Waals surface area (Å²) in [5.41, 5.74) is 6.12. The molecule has 0 saturated heterocycles. The van der Waals surface area contributed by atoms with Crippen LogP contribution in [0.25, 0.3) is 0 Å². The molecule has 1 aromatic rings. The Kier molecular flexibility index (Phi) is 5.86. The number of hydrogen-bond donors (Lipinski definition) is 0. The lowest BCUT2D eigenvalue weighted by Crippen LogP contribution is -2.09. The Morgan fingerprint density at radius 1 is 0.947 bits per heavy atom. The Balaban J connectivity index is 3.44. The number of benzene rings is 1. The summed E-state index contributed by atoms with van der Waals surface area (Å²) in [5, 5.41) is 0. The van der Waals surface area contributed by atoms with Crippen LogP contribution in [-0.2, 0) is 0 Å². The largest absolute Gasteiger partial charge is 0.536 e. The van der Waals surface area contributed by atoms with E-state index >= 15 is 0 Å². The third-order valence-electron chi connectivity index (χ3n) is 3.31. The lowest BCUT2D eigenvalue weighted by Gasteiger charge is -2.25. The zero-order valence-corrected chi connectivity index (χ0v) is 14.1. The molecule has 19 heavy (non-hydrogen) atoms. The van der Waals surface area contributed by atoms with Crippen molar-refractivity contribution in [2.45, 2.75) is 59.3 Å². The van der Waals surface area contributed by atoms with Gasteiger partial charge in [0.25, 0.3) is 0 Å². The smallest absolute Gasteiger partial charge is 0.342 e. The number of hydrogen-bond acceptors (Lipinski definition) is 1. The summed E-state index contributed by atoms with van der Waals surface area (Å²) in [6, 6.07) is 4.36. The van der Waals surface area contributed by atoms with Crippen molar-refractivity contribution < 1.29 is 4.43 Å². The second-order valence-corrected chi connectivity index (χ2v) is 6.72. The first-order chi connectivity index (χ1) is 8.90. The lowest BCUT2D eigenvalue weighted by atomic mass is 9.83. The minimum atomic E-state index is 0.327. The standard InChI is InChI=1S/C17H26OSi/c1-8-19-18-15-10-9-14(11(2)3)16(12(4)5)17(15)13(6)7/h8-13H,1H2,2-7H3. The minimum Gasteiger partial charge on any atom is -0.536 e. The number of rotatable bonds is 6. The molecular formula is C17H26OSi. The summed E-state index contributed by atoms with van der Waals surface area (Å²) in [6.07, 6.45) is 0. The van der Waals surface area contributed by atoms with E-state index in [2.05, 4.69) is 60.3 Å². The summed E-state index contributed by atoms with van der Waals surface area (Å²) in [5.74, 6) is 2.57. The summed E-state index contributed by atoms with van der Waals surface area (Å²) >= 11 is 0. The molecule has 0 spiro atoms. The molecule has 0 aliphatic heterocycles. The molecule has 0 saturated carbocycles. The Hall–Kier alpha value is -1.02. The maximum absolute atomic E-state index is 5.88. The van der Waals surface area contributed by atoms with Gasteiger partial charge in [-0.3, -0.25) is 0 Å². The van der Waals surface area contributed by atoms with Gasteiger partial charge in [0, 0.05) is 0 Å². The van der Waals surface area contributed by atoms with Crippen molar-refractivity contribution in [2.75, 3.05) is 0 Å². The van der Waals surface area contributed by atoms with Crippen LogP contribution in [0, 0.1) is 0 Å². The zero-order valence-electron chi connectivity index (χ0n) is 13.1. The van der Waals surface area contributed by atoms with Crippen LogP contribution in [0.2, 0.25) is 0 Å². The average molecular weight is 274 g/mol. The van der Waals surface area contributed by atoms with Crippen LogP contribution < -0.4 is 4.43 Å². The van der Waals surface area contributed by atoms with E-state index in [1.807, 2.05) is 5.70 Å². The Morgan fingerprint density at radius 2 is 1.53 bits per heavy atom. The Morgan fingerprint density at radius 3 is 1.95 bits per heavy atom. The summed E-state index contributed by atoms with van der Waals surface area (Å²) in [4.78, 5) is 0. The fourth-order valence-corrected chi connectivity index (χ4v) is 2.96. The van der Waals surface area contributed by atoms with Crippen LogP contribution in [0.5, 0.6) is 5.75 Å². The SMILES string of the molecule is C=C[Si]Oc1ccc(C(C)C)c(C(C)C)c1C(C)C. The maximum atomic E-state index is 5.88. The van der Waals surface area contributed by atoms with Gasteiger partial charge < -0.3 is 4.43 Å². The first kappa shape index (κ1) is 16.0. The van der Waals surface area contributed by atoms with Crippen molar-refractivity contribution in [3.05, 3.63) is 41.1 Å². The maximum Gasteiger partial charge on any atom is 0.342 e. The van der Waals surface area contributed by atoms with Gasteiger partial charge in [-0.25, -0.2) is 0 Å². The second kappa shape index (κ2) is 6.95. The lowest BCUT2D eigenvalue weighted by molar-refractivity contribution is 0.579. The molecular weight excluding hydrogens is 248 g/mol. The molecule has 0 aliphatic rings. The highest BCUT2D eigenvalue weighted by atomic mass is 28.2. The van der Waals surface area contributed by atoms with Crippen molar-refractivity contribution in [3.63, 3.8) is 0 Å². The summed E-state index contributed by atoms with van der Waals surface area (Å²) in [7, 11) is 0.327. The highest BCUT2D eigenvalue weighted by Gasteiger charge is 2.20. The van der Waals surface area contributed by atoms with Crippen molar-refractivity contribution in [1.29, 1.82) is 0 Å². The highest BCUT2D eigenvalue weighted by molar-refractivity contribution is 6.35. The van der Waals surface area contributed by atoms with Gasteiger partial charge in [-0.15, -0.1) is 6.58 Å². The summed E-state index contributed by atoms with van der Waals surface area (Å²) < 4.78 is 5.88. The van der Waals surface area contributed by atoms with Crippen LogP contribution >= 0.6 is 0 Å². The van der Waals surface area contributed by atoms with Crippen molar-refractivity contribution in [2.24, 2.45) is 0 Å². The normalized spacial score (nSPS) is 11.4. The summed E-state index contributed by atoms with van der Waals surface area (Å²) in [6.45, 7) is 17.3. The molecule has 0 bridgehead atoms. The van der Waals surface area contributed by atoms with Crippen LogP contribution in [0.1, 0.15) is 76.0 Å². The first-order valence-electron chi connectivity index (χ1n) is 7.10. The van der Waals surface area contributed by atoms with Gasteiger partial charge in [-0.2, -0.15) is 0 Å². The molecule has 2 heteroatoms. The van der Waals surface area contributed by atoms with E-state index in [4.69, 9.17) is 4.43 Å². The zero-order chi connectivity index (χ0) is 14.6. The first-order valence-corrected chi connectivity index (χ1v) is 8.08. The molecule has 0 unspecified atom stereocenters. The quantitative estimate of drug-likeness (QED) is 0.648. The second-order valence-electron chi connectivity index (χ2n) is 5.87.